The summed E-state index contributed by atoms with van der Waals surface area (Å²) in [6.07, 6.45) is 0.615. The van der Waals surface area contributed by atoms with Crippen LogP contribution in [0.1, 0.15) is 25.8 Å². The Labute approximate surface area is 157 Å². The molecule has 0 radical (unpaired) electrons. The summed E-state index contributed by atoms with van der Waals surface area (Å²) in [4.78, 5) is 7.64. The Hall–Kier alpha value is -1.53. The number of benzene rings is 1. The summed E-state index contributed by atoms with van der Waals surface area (Å²) in [6.45, 7) is 4.10. The Morgan fingerprint density at radius 3 is 2.64 bits per heavy atom. The van der Waals surface area contributed by atoms with E-state index in [1.165, 1.54) is 7.11 Å². The second kappa shape index (κ2) is 6.65. The maximum Gasteiger partial charge on any atom is 0.319 e. The average molecular weight is 382 g/mol. The first-order valence-electron chi connectivity index (χ1n) is 8.14. The summed E-state index contributed by atoms with van der Waals surface area (Å²) in [7, 11) is 3.03. The van der Waals surface area contributed by atoms with Crippen LogP contribution in [0.3, 0.4) is 0 Å². The number of hydrogen-bond donors (Lipinski definition) is 1. The molecule has 0 saturated heterocycles. The molecule has 1 aromatic carbocycles. The highest BCUT2D eigenvalue weighted by Crippen LogP contribution is 2.41. The van der Waals surface area contributed by atoms with Crippen LogP contribution in [0, 0.1) is 11.1 Å². The van der Waals surface area contributed by atoms with E-state index in [2.05, 4.69) is 9.98 Å². The number of aromatic nitrogens is 1. The molecule has 0 saturated carbocycles. The van der Waals surface area contributed by atoms with Gasteiger partial charge in [0.15, 0.2) is 10.9 Å². The third-order valence-corrected chi connectivity index (χ3v) is 5.10. The SMILES string of the molecule is COC1=C(c2c(Cl)[nH]c3ccccc23)N=C(Cl)C(CC(C)C)[N+]1(C)[O-]. The lowest BCUT2D eigenvalue weighted by Gasteiger charge is -2.46. The molecule has 0 bridgehead atoms. The van der Waals surface area contributed by atoms with Crippen LogP contribution in [0.5, 0.6) is 0 Å². The van der Waals surface area contributed by atoms with Gasteiger partial charge < -0.3 is 14.9 Å². The second-order valence-corrected chi connectivity index (χ2v) is 7.55. The molecule has 2 atom stereocenters. The number of aliphatic imine (C=N–C) groups is 1. The molecule has 3 rings (SSSR count). The average Bonchev–Trinajstić information content (AvgIpc) is 2.86. The van der Waals surface area contributed by atoms with Gasteiger partial charge in [-0.25, -0.2) is 4.99 Å². The zero-order chi connectivity index (χ0) is 18.4. The van der Waals surface area contributed by atoms with Gasteiger partial charge in [0, 0.05) is 17.3 Å². The Balaban J connectivity index is 2.24. The largest absolute Gasteiger partial charge is 0.625 e. The quantitative estimate of drug-likeness (QED) is 0.591. The predicted octanol–water partition coefficient (Wildman–Crippen LogP) is 5.10. The van der Waals surface area contributed by atoms with Crippen molar-refractivity contribution >= 4 is 45.0 Å². The Bertz CT molecular complexity index is 868. The summed E-state index contributed by atoms with van der Waals surface area (Å²) in [5.74, 6) is 0.512. The lowest BCUT2D eigenvalue weighted by atomic mass is 10.0. The smallest absolute Gasteiger partial charge is 0.319 e. The molecule has 1 aliphatic heterocycles. The number of nitrogens with one attached hydrogen (secondary N) is 1. The fourth-order valence-corrected chi connectivity index (χ4v) is 3.96. The van der Waals surface area contributed by atoms with Crippen LogP contribution in [0.25, 0.3) is 16.6 Å². The maximum atomic E-state index is 13.5. The van der Waals surface area contributed by atoms with Crippen LogP contribution < -0.4 is 0 Å². The monoisotopic (exact) mass is 381 g/mol. The van der Waals surface area contributed by atoms with Crippen LogP contribution in [-0.2, 0) is 4.74 Å². The van der Waals surface area contributed by atoms with E-state index in [9.17, 15) is 5.21 Å². The topological polar surface area (TPSA) is 60.4 Å². The lowest BCUT2D eigenvalue weighted by Crippen LogP contribution is -2.52. The van der Waals surface area contributed by atoms with E-state index >= 15 is 0 Å². The van der Waals surface area contributed by atoms with Gasteiger partial charge >= 0.3 is 5.88 Å². The number of H-pyrrole nitrogens is 1. The van der Waals surface area contributed by atoms with Crippen molar-refractivity contribution in [1.29, 1.82) is 0 Å². The molecule has 0 fully saturated rings. The molecule has 2 heterocycles. The van der Waals surface area contributed by atoms with Gasteiger partial charge in [0.2, 0.25) is 0 Å². The highest BCUT2D eigenvalue weighted by molar-refractivity contribution is 6.67. The molecule has 25 heavy (non-hydrogen) atoms. The molecule has 134 valence electrons. The summed E-state index contributed by atoms with van der Waals surface area (Å²) < 4.78 is 4.76. The van der Waals surface area contributed by atoms with Crippen molar-refractivity contribution in [3.63, 3.8) is 0 Å². The molecular formula is C18H21Cl2N3O2. The highest BCUT2D eigenvalue weighted by atomic mass is 35.5. The van der Waals surface area contributed by atoms with Gasteiger partial charge in [-0.2, -0.15) is 0 Å². The third kappa shape index (κ3) is 3.06. The number of methoxy groups -OCH3 is 1. The van der Waals surface area contributed by atoms with E-state index in [1.54, 1.807) is 7.05 Å². The molecule has 2 unspecified atom stereocenters. The predicted molar refractivity (Wildman–Crippen MR) is 103 cm³/mol. The van der Waals surface area contributed by atoms with Gasteiger partial charge in [0.05, 0.1) is 19.7 Å². The first-order valence-corrected chi connectivity index (χ1v) is 8.89. The second-order valence-electron chi connectivity index (χ2n) is 6.79. The molecule has 0 spiro atoms. The summed E-state index contributed by atoms with van der Waals surface area (Å²) >= 11 is 12.9. The molecule has 7 heteroatoms. The van der Waals surface area contributed by atoms with Gasteiger partial charge in [0.25, 0.3) is 0 Å². The van der Waals surface area contributed by atoms with Crippen molar-refractivity contribution < 1.29 is 9.38 Å². The summed E-state index contributed by atoms with van der Waals surface area (Å²) in [5, 5.41) is 15.0. The number of halogens is 2. The number of hydroxylamine groups is 3. The first-order chi connectivity index (χ1) is 11.8. The van der Waals surface area contributed by atoms with E-state index in [1.807, 2.05) is 38.1 Å². The van der Waals surface area contributed by atoms with Crippen molar-refractivity contribution in [3.05, 3.63) is 46.1 Å². The molecule has 1 N–H and O–H groups in total. The molecular weight excluding hydrogens is 361 g/mol. The zero-order valence-electron chi connectivity index (χ0n) is 14.6. The zero-order valence-corrected chi connectivity index (χ0v) is 16.1. The van der Waals surface area contributed by atoms with Crippen molar-refractivity contribution in [3.8, 4) is 0 Å². The van der Waals surface area contributed by atoms with Crippen molar-refractivity contribution in [1.82, 2.24) is 4.98 Å². The number of ether oxygens (including phenoxy) is 1. The number of nitrogens with zero attached hydrogens (tertiary/aromatic N) is 2. The van der Waals surface area contributed by atoms with Crippen LogP contribution in [-0.4, -0.2) is 35.0 Å². The van der Waals surface area contributed by atoms with Crippen LogP contribution in [0.4, 0.5) is 0 Å². The first kappa shape index (κ1) is 18.3. The fraction of sp³-hybridized carbons (Fsp3) is 0.389. The van der Waals surface area contributed by atoms with Crippen molar-refractivity contribution in [2.75, 3.05) is 14.2 Å². The molecule has 0 amide bonds. The van der Waals surface area contributed by atoms with E-state index in [0.717, 1.165) is 10.9 Å². The summed E-state index contributed by atoms with van der Waals surface area (Å²) in [6, 6.07) is 7.16. The van der Waals surface area contributed by atoms with Gasteiger partial charge in [-0.05, 0) is 12.0 Å². The molecule has 1 aliphatic rings. The van der Waals surface area contributed by atoms with Gasteiger partial charge in [0.1, 0.15) is 11.2 Å². The van der Waals surface area contributed by atoms with Crippen LogP contribution >= 0.6 is 23.2 Å². The maximum absolute atomic E-state index is 13.5. The molecule has 0 aliphatic carbocycles. The van der Waals surface area contributed by atoms with Gasteiger partial charge in [-0.3, -0.25) is 4.65 Å². The highest BCUT2D eigenvalue weighted by Gasteiger charge is 2.41. The standard InChI is InChI=1S/C18H21Cl2N3O2/c1-10(2)9-13-16(19)22-15(18(25-4)23(13,3)24)14-11-7-5-6-8-12(11)21-17(14)20/h5-8,10,13,21H,9H2,1-4H3. The minimum Gasteiger partial charge on any atom is -0.625 e. The van der Waals surface area contributed by atoms with E-state index < -0.39 is 10.7 Å². The van der Waals surface area contributed by atoms with E-state index in [0.29, 0.717) is 28.8 Å². The molecule has 1 aromatic heterocycles. The number of fused-ring (bicyclic) bond motifs is 1. The molecule has 2 aromatic rings. The van der Waals surface area contributed by atoms with Crippen molar-refractivity contribution in [2.24, 2.45) is 10.9 Å². The minimum atomic E-state index is -0.748. The number of hydrogen-bond acceptors (Lipinski definition) is 3. The normalized spacial score (nSPS) is 24.2. The fourth-order valence-electron chi connectivity index (χ4n) is 3.31. The van der Waals surface area contributed by atoms with Crippen LogP contribution in [0.15, 0.2) is 35.1 Å². The van der Waals surface area contributed by atoms with E-state index in [4.69, 9.17) is 27.9 Å². The number of para-hydroxylation sites is 1. The Kier molecular flexibility index (Phi) is 4.86. The number of rotatable bonds is 4. The Morgan fingerprint density at radius 2 is 2.00 bits per heavy atom. The number of aromatic amines is 1. The Morgan fingerprint density at radius 1 is 1.32 bits per heavy atom. The minimum absolute atomic E-state index is 0.210. The van der Waals surface area contributed by atoms with Crippen LogP contribution in [0.2, 0.25) is 5.15 Å². The van der Waals surface area contributed by atoms with Gasteiger partial charge in [-0.1, -0.05) is 55.2 Å². The van der Waals surface area contributed by atoms with Crippen molar-refractivity contribution in [2.45, 2.75) is 26.3 Å². The molecule has 5 nitrogen and oxygen atoms in total. The third-order valence-electron chi connectivity index (χ3n) is 4.48. The van der Waals surface area contributed by atoms with Gasteiger partial charge in [-0.15, -0.1) is 0 Å². The lowest BCUT2D eigenvalue weighted by molar-refractivity contribution is -0.853. The van der Waals surface area contributed by atoms with E-state index in [-0.39, 0.29) is 11.1 Å². The summed E-state index contributed by atoms with van der Waals surface area (Å²) in [5.41, 5.74) is 1.88. The number of quaternary nitrogens is 1.